The second-order valence-corrected chi connectivity index (χ2v) is 4.13. The number of rotatable bonds is 3. The van der Waals surface area contributed by atoms with Gasteiger partial charge in [-0.25, -0.2) is 0 Å². The Hall–Kier alpha value is -0.460. The van der Waals surface area contributed by atoms with Gasteiger partial charge < -0.3 is 4.74 Å². The molecule has 2 aliphatic carbocycles. The Bertz CT molecular complexity index is 154. The first-order valence-corrected chi connectivity index (χ1v) is 4.57. The molecule has 1 nitrogen and oxygen atoms in total. The highest BCUT2D eigenvalue weighted by Crippen LogP contribution is 2.54. The maximum absolute atomic E-state index is 5.30. The van der Waals surface area contributed by atoms with Gasteiger partial charge in [-0.3, -0.25) is 0 Å². The Morgan fingerprint density at radius 2 is 2.18 bits per heavy atom. The summed E-state index contributed by atoms with van der Waals surface area (Å²) in [6, 6.07) is 0. The smallest absolute Gasteiger partial charge is 0.0929 e. The van der Waals surface area contributed by atoms with Crippen molar-refractivity contribution in [3.63, 3.8) is 0 Å². The normalized spacial score (nSPS) is 40.9. The molecule has 0 saturated heterocycles. The predicted molar refractivity (Wildman–Crippen MR) is 45.2 cm³/mol. The first-order chi connectivity index (χ1) is 5.35. The van der Waals surface area contributed by atoms with Crippen molar-refractivity contribution in [2.24, 2.45) is 11.3 Å². The van der Waals surface area contributed by atoms with E-state index in [-0.39, 0.29) is 0 Å². The second kappa shape index (κ2) is 2.54. The Kier molecular flexibility index (Phi) is 1.67. The van der Waals surface area contributed by atoms with Crippen molar-refractivity contribution in [1.82, 2.24) is 0 Å². The summed E-state index contributed by atoms with van der Waals surface area (Å²) < 4.78 is 5.30. The maximum Gasteiger partial charge on any atom is 0.0929 e. The average Bonchev–Trinajstić information content (AvgIpc) is 2.60. The van der Waals surface area contributed by atoms with Crippen molar-refractivity contribution in [2.75, 3.05) is 6.61 Å². The lowest BCUT2D eigenvalue weighted by atomic mass is 9.85. The van der Waals surface area contributed by atoms with E-state index < -0.39 is 0 Å². The molecule has 0 atom stereocenters. The molecule has 62 valence electrons. The molecule has 0 aliphatic heterocycles. The van der Waals surface area contributed by atoms with Crippen LogP contribution in [0, 0.1) is 11.3 Å². The van der Waals surface area contributed by atoms with Crippen LogP contribution in [0.25, 0.3) is 0 Å². The molecule has 0 spiro atoms. The lowest BCUT2D eigenvalue weighted by Crippen LogP contribution is -2.19. The van der Waals surface area contributed by atoms with Crippen LogP contribution in [0.3, 0.4) is 0 Å². The molecule has 0 aromatic rings. The first kappa shape index (κ1) is 7.20. The highest BCUT2D eigenvalue weighted by Gasteiger charge is 2.44. The lowest BCUT2D eigenvalue weighted by Gasteiger charge is -2.25. The molecule has 0 amide bonds. The van der Waals surface area contributed by atoms with Gasteiger partial charge in [-0.15, -0.1) is 0 Å². The third-order valence-corrected chi connectivity index (χ3v) is 3.39. The molecule has 1 heteroatoms. The van der Waals surface area contributed by atoms with Crippen LogP contribution >= 0.6 is 0 Å². The fourth-order valence-corrected chi connectivity index (χ4v) is 2.75. The van der Waals surface area contributed by atoms with E-state index in [0.29, 0.717) is 5.41 Å². The Labute approximate surface area is 68.4 Å². The fraction of sp³-hybridized carbons (Fsp3) is 0.800. The van der Waals surface area contributed by atoms with Crippen LogP contribution in [-0.4, -0.2) is 6.61 Å². The SMILES string of the molecule is C=COCC12CCC(CC1)C2. The average molecular weight is 152 g/mol. The highest BCUT2D eigenvalue weighted by molar-refractivity contribution is 4.95. The third kappa shape index (κ3) is 1.17. The van der Waals surface area contributed by atoms with Crippen molar-refractivity contribution in [3.8, 4) is 0 Å². The van der Waals surface area contributed by atoms with Crippen LogP contribution in [-0.2, 0) is 4.74 Å². The summed E-state index contributed by atoms with van der Waals surface area (Å²) in [6.45, 7) is 4.50. The summed E-state index contributed by atoms with van der Waals surface area (Å²) in [4.78, 5) is 0. The van der Waals surface area contributed by atoms with Gasteiger partial charge in [-0.05, 0) is 38.0 Å². The largest absolute Gasteiger partial charge is 0.501 e. The van der Waals surface area contributed by atoms with E-state index in [0.717, 1.165) is 12.5 Å². The van der Waals surface area contributed by atoms with Crippen molar-refractivity contribution < 1.29 is 4.74 Å². The van der Waals surface area contributed by atoms with Crippen LogP contribution in [0.15, 0.2) is 12.8 Å². The minimum absolute atomic E-state index is 0.568. The second-order valence-electron chi connectivity index (χ2n) is 4.13. The van der Waals surface area contributed by atoms with E-state index in [1.165, 1.54) is 32.1 Å². The molecule has 2 bridgehead atoms. The molecule has 2 fully saturated rings. The maximum atomic E-state index is 5.30. The quantitative estimate of drug-likeness (QED) is 0.565. The van der Waals surface area contributed by atoms with Crippen LogP contribution in [0.4, 0.5) is 0 Å². The van der Waals surface area contributed by atoms with Gasteiger partial charge in [0.15, 0.2) is 0 Å². The topological polar surface area (TPSA) is 9.23 Å². The molecule has 0 N–H and O–H groups in total. The van der Waals surface area contributed by atoms with Crippen LogP contribution in [0.5, 0.6) is 0 Å². The molecule has 0 radical (unpaired) electrons. The van der Waals surface area contributed by atoms with E-state index in [9.17, 15) is 0 Å². The van der Waals surface area contributed by atoms with Gasteiger partial charge in [0.05, 0.1) is 12.9 Å². The van der Waals surface area contributed by atoms with Gasteiger partial charge in [0, 0.05) is 5.41 Å². The molecule has 2 saturated carbocycles. The van der Waals surface area contributed by atoms with Gasteiger partial charge in [-0.2, -0.15) is 0 Å². The summed E-state index contributed by atoms with van der Waals surface area (Å²) in [5, 5.41) is 0. The molecule has 0 heterocycles. The number of ether oxygens (including phenoxy) is 1. The minimum atomic E-state index is 0.568. The summed E-state index contributed by atoms with van der Waals surface area (Å²) in [5.41, 5.74) is 0.568. The van der Waals surface area contributed by atoms with Crippen LogP contribution in [0.1, 0.15) is 32.1 Å². The molecule has 2 rings (SSSR count). The highest BCUT2D eigenvalue weighted by atomic mass is 16.5. The zero-order valence-electron chi connectivity index (χ0n) is 7.01. The van der Waals surface area contributed by atoms with E-state index >= 15 is 0 Å². The van der Waals surface area contributed by atoms with Crippen molar-refractivity contribution in [3.05, 3.63) is 12.8 Å². The molecule has 11 heavy (non-hydrogen) atoms. The van der Waals surface area contributed by atoms with Gasteiger partial charge in [0.1, 0.15) is 0 Å². The van der Waals surface area contributed by atoms with E-state index in [1.54, 1.807) is 6.26 Å². The van der Waals surface area contributed by atoms with Crippen molar-refractivity contribution in [2.45, 2.75) is 32.1 Å². The monoisotopic (exact) mass is 152 g/mol. The zero-order chi connectivity index (χ0) is 7.73. The summed E-state index contributed by atoms with van der Waals surface area (Å²) >= 11 is 0. The predicted octanol–water partition coefficient (Wildman–Crippen LogP) is 2.73. The van der Waals surface area contributed by atoms with Crippen LogP contribution in [0.2, 0.25) is 0 Å². The van der Waals surface area contributed by atoms with Gasteiger partial charge in [-0.1, -0.05) is 6.58 Å². The fourth-order valence-electron chi connectivity index (χ4n) is 2.75. The van der Waals surface area contributed by atoms with Gasteiger partial charge >= 0.3 is 0 Å². The molecule has 2 aliphatic rings. The first-order valence-electron chi connectivity index (χ1n) is 4.57. The summed E-state index contributed by atoms with van der Waals surface area (Å²) in [7, 11) is 0. The minimum Gasteiger partial charge on any atom is -0.501 e. The lowest BCUT2D eigenvalue weighted by molar-refractivity contribution is 0.115. The van der Waals surface area contributed by atoms with Gasteiger partial charge in [0.25, 0.3) is 0 Å². The summed E-state index contributed by atoms with van der Waals surface area (Å²) in [5.74, 6) is 1.03. The summed E-state index contributed by atoms with van der Waals surface area (Å²) in [6.07, 6.45) is 8.68. The number of fused-ring (bicyclic) bond motifs is 2. The Balaban J connectivity index is 1.94. The Morgan fingerprint density at radius 1 is 1.45 bits per heavy atom. The molecule has 0 unspecified atom stereocenters. The molecule has 0 aromatic carbocycles. The van der Waals surface area contributed by atoms with E-state index in [2.05, 4.69) is 6.58 Å². The zero-order valence-corrected chi connectivity index (χ0v) is 7.01. The van der Waals surface area contributed by atoms with Crippen molar-refractivity contribution >= 4 is 0 Å². The van der Waals surface area contributed by atoms with Crippen molar-refractivity contribution in [1.29, 1.82) is 0 Å². The molecular formula is C10H16O. The Morgan fingerprint density at radius 3 is 2.64 bits per heavy atom. The van der Waals surface area contributed by atoms with Crippen LogP contribution < -0.4 is 0 Å². The standard InChI is InChI=1S/C10H16O/c1-2-11-8-10-5-3-9(7-10)4-6-10/h2,9H,1,3-8H2. The number of hydrogen-bond donors (Lipinski definition) is 0. The molecule has 0 aromatic heterocycles. The van der Waals surface area contributed by atoms with E-state index in [4.69, 9.17) is 4.74 Å². The van der Waals surface area contributed by atoms with E-state index in [1.807, 2.05) is 0 Å². The number of hydrogen-bond acceptors (Lipinski definition) is 1. The van der Waals surface area contributed by atoms with Gasteiger partial charge in [0.2, 0.25) is 0 Å². The third-order valence-electron chi connectivity index (χ3n) is 3.39. The molecular weight excluding hydrogens is 136 g/mol.